The second-order valence-electron chi connectivity index (χ2n) is 14.0. The molecule has 258 valence electrons. The molecule has 0 aromatic carbocycles. The lowest BCUT2D eigenvalue weighted by atomic mass is 9.73. The van der Waals surface area contributed by atoms with E-state index in [0.29, 0.717) is 57.0 Å². The predicted octanol–water partition coefficient (Wildman–Crippen LogP) is 4.78. The Morgan fingerprint density at radius 3 is 1.89 bits per heavy atom. The fraction of sp³-hybridized carbons (Fsp3) is 0.903. The number of aliphatic carboxylic acids is 2. The summed E-state index contributed by atoms with van der Waals surface area (Å²) in [6.45, 7) is 0.576. The number of amides is 1. The largest absolute Gasteiger partial charge is 0.481 e. The van der Waals surface area contributed by atoms with Crippen molar-refractivity contribution in [3.8, 4) is 0 Å². The Labute approximate surface area is 274 Å². The first-order chi connectivity index (χ1) is 21.6. The number of hydroxylamine groups is 1. The normalized spacial score (nSPS) is 39.2. The fourth-order valence-corrected chi connectivity index (χ4v) is 9.18. The van der Waals surface area contributed by atoms with Crippen LogP contribution in [0.15, 0.2) is 0 Å². The lowest BCUT2D eigenvalue weighted by molar-refractivity contribution is -0.257. The van der Waals surface area contributed by atoms with Crippen molar-refractivity contribution in [3.63, 3.8) is 0 Å². The zero-order valence-electron chi connectivity index (χ0n) is 25.7. The number of carbonyl (C=O) groups is 3. The summed E-state index contributed by atoms with van der Waals surface area (Å²) in [6, 6.07) is -0.227. The van der Waals surface area contributed by atoms with Crippen LogP contribution < -0.4 is 10.8 Å². The minimum Gasteiger partial charge on any atom is -0.481 e. The highest BCUT2D eigenvalue weighted by Crippen LogP contribution is 2.40. The topological polar surface area (TPSA) is 184 Å². The Morgan fingerprint density at radius 1 is 0.644 bits per heavy atom. The van der Waals surface area contributed by atoms with E-state index in [1.807, 2.05) is 0 Å². The number of alkyl halides is 2. The van der Waals surface area contributed by atoms with E-state index in [1.165, 1.54) is 0 Å². The Balaban J connectivity index is 1.18. The Hall–Kier alpha value is -1.25. The maximum atomic E-state index is 13.2. The number of hydrogen-bond donors (Lipinski definition) is 6. The van der Waals surface area contributed by atoms with Crippen molar-refractivity contribution in [2.75, 3.05) is 19.8 Å². The molecule has 0 bridgehead atoms. The summed E-state index contributed by atoms with van der Waals surface area (Å²) in [5.74, 6) is -3.07. The Bertz CT molecular complexity index is 979. The molecule has 45 heavy (non-hydrogen) atoms. The molecule has 0 heterocycles. The second kappa shape index (κ2) is 17.8. The van der Waals surface area contributed by atoms with E-state index >= 15 is 0 Å². The maximum absolute atomic E-state index is 13.2. The van der Waals surface area contributed by atoms with Gasteiger partial charge in [-0.1, -0.05) is 0 Å². The smallest absolute Gasteiger partial charge is 0.307 e. The van der Waals surface area contributed by atoms with Gasteiger partial charge in [-0.3, -0.25) is 24.9 Å². The first kappa shape index (κ1) is 36.6. The first-order valence-electron chi connectivity index (χ1n) is 16.5. The van der Waals surface area contributed by atoms with E-state index in [-0.39, 0.29) is 59.7 Å². The standard InChI is InChI=1S/C31H50Cl2N2O10/c32-25-11-17(2-7-27(25)34-29(36)24-10-19(14-44-41)1-6-23(24)31(39)40)9-18-3-8-28(26(33)12-18)35-43-15-22-13-20(30(37)38)4-5-21(22)16-45-42/h17-28,35,41-42H,1-16H2,(H,34,36)(H,37,38)(H,39,40). The quantitative estimate of drug-likeness (QED) is 0.0843. The minimum absolute atomic E-state index is 0.0148. The van der Waals surface area contributed by atoms with E-state index in [1.54, 1.807) is 0 Å². The molecule has 0 radical (unpaired) electrons. The predicted molar refractivity (Wildman–Crippen MR) is 164 cm³/mol. The van der Waals surface area contributed by atoms with Gasteiger partial charge in [0.25, 0.3) is 0 Å². The van der Waals surface area contributed by atoms with Crippen LogP contribution in [0.3, 0.4) is 0 Å². The van der Waals surface area contributed by atoms with Gasteiger partial charge in [0.15, 0.2) is 0 Å². The SMILES string of the molecule is O=C(O)C1CCC(COO)C(CONC2CCC(CC3CCC(NC(=O)C4CC(COO)CCC4C(=O)O)C(Cl)C3)CC2Cl)C1. The average molecular weight is 682 g/mol. The summed E-state index contributed by atoms with van der Waals surface area (Å²) in [5, 5.41) is 39.6. The summed E-state index contributed by atoms with van der Waals surface area (Å²) in [7, 11) is 0. The lowest BCUT2D eigenvalue weighted by Gasteiger charge is -2.39. The highest BCUT2D eigenvalue weighted by Gasteiger charge is 2.42. The zero-order chi connectivity index (χ0) is 32.5. The van der Waals surface area contributed by atoms with Gasteiger partial charge < -0.3 is 20.4 Å². The number of rotatable bonds is 14. The van der Waals surface area contributed by atoms with Crippen LogP contribution in [0, 0.1) is 47.3 Å². The van der Waals surface area contributed by atoms with Crippen molar-refractivity contribution in [2.24, 2.45) is 47.3 Å². The molecule has 12 nitrogen and oxygen atoms in total. The molecule has 14 heteroatoms. The van der Waals surface area contributed by atoms with Gasteiger partial charge in [-0.05, 0) is 113 Å². The van der Waals surface area contributed by atoms with Gasteiger partial charge in [0, 0.05) is 12.1 Å². The molecule has 4 aliphatic carbocycles. The van der Waals surface area contributed by atoms with Crippen molar-refractivity contribution in [2.45, 2.75) is 106 Å². The molecule has 4 aliphatic rings. The Morgan fingerprint density at radius 2 is 1.29 bits per heavy atom. The van der Waals surface area contributed by atoms with Gasteiger partial charge in [0.1, 0.15) is 0 Å². The van der Waals surface area contributed by atoms with Gasteiger partial charge in [-0.25, -0.2) is 9.78 Å². The molecular weight excluding hydrogens is 631 g/mol. The third-order valence-electron chi connectivity index (χ3n) is 11.0. The molecule has 0 aliphatic heterocycles. The van der Waals surface area contributed by atoms with Gasteiger partial charge in [0.2, 0.25) is 5.91 Å². The highest BCUT2D eigenvalue weighted by atomic mass is 35.5. The molecule has 0 aromatic rings. The number of carboxylic acids is 2. The van der Waals surface area contributed by atoms with Gasteiger partial charge >= 0.3 is 11.9 Å². The van der Waals surface area contributed by atoms with Crippen LogP contribution in [-0.4, -0.2) is 81.2 Å². The first-order valence-corrected chi connectivity index (χ1v) is 17.4. The second-order valence-corrected chi connectivity index (χ2v) is 15.1. The van der Waals surface area contributed by atoms with Crippen LogP contribution in [0.1, 0.15) is 83.5 Å². The number of hydrogen-bond acceptors (Lipinski definition) is 9. The molecular formula is C31H50Cl2N2O10. The molecule has 4 saturated carbocycles. The summed E-state index contributed by atoms with van der Waals surface area (Å²) in [4.78, 5) is 51.0. The molecule has 0 spiro atoms. The van der Waals surface area contributed by atoms with Crippen molar-refractivity contribution < 1.29 is 49.7 Å². The molecule has 4 rings (SSSR count). The van der Waals surface area contributed by atoms with Gasteiger partial charge in [0.05, 0.1) is 48.3 Å². The number of carboxylic acid groups (broad SMARTS) is 2. The molecule has 4 fully saturated rings. The van der Waals surface area contributed by atoms with E-state index in [0.717, 1.165) is 44.9 Å². The molecule has 12 atom stereocenters. The van der Waals surface area contributed by atoms with E-state index in [4.69, 9.17) is 38.6 Å². The molecule has 0 saturated heterocycles. The van der Waals surface area contributed by atoms with E-state index < -0.39 is 29.7 Å². The van der Waals surface area contributed by atoms with Crippen LogP contribution in [-0.2, 0) is 29.0 Å². The molecule has 12 unspecified atom stereocenters. The van der Waals surface area contributed by atoms with Crippen LogP contribution in [0.2, 0.25) is 0 Å². The van der Waals surface area contributed by atoms with E-state index in [9.17, 15) is 24.6 Å². The summed E-state index contributed by atoms with van der Waals surface area (Å²) in [6.07, 6.45) is 9.18. The fourth-order valence-electron chi connectivity index (χ4n) is 8.31. The van der Waals surface area contributed by atoms with Crippen molar-refractivity contribution >= 4 is 41.0 Å². The van der Waals surface area contributed by atoms with Crippen molar-refractivity contribution in [3.05, 3.63) is 0 Å². The van der Waals surface area contributed by atoms with Gasteiger partial charge in [-0.2, -0.15) is 5.48 Å². The third-order valence-corrected chi connectivity index (χ3v) is 12.0. The lowest BCUT2D eigenvalue weighted by Crippen LogP contribution is -2.50. The van der Waals surface area contributed by atoms with Crippen LogP contribution in [0.25, 0.3) is 0 Å². The van der Waals surface area contributed by atoms with E-state index in [2.05, 4.69) is 20.6 Å². The highest BCUT2D eigenvalue weighted by molar-refractivity contribution is 6.21. The number of halogens is 2. The summed E-state index contributed by atoms with van der Waals surface area (Å²) >= 11 is 13.6. The Kier molecular flexibility index (Phi) is 14.4. The monoisotopic (exact) mass is 680 g/mol. The molecule has 1 amide bonds. The summed E-state index contributed by atoms with van der Waals surface area (Å²) < 4.78 is 0. The van der Waals surface area contributed by atoms with Crippen LogP contribution in [0.4, 0.5) is 0 Å². The minimum atomic E-state index is -0.974. The number of carbonyl (C=O) groups excluding carboxylic acids is 1. The van der Waals surface area contributed by atoms with Gasteiger partial charge in [-0.15, -0.1) is 23.2 Å². The molecule has 0 aromatic heterocycles. The summed E-state index contributed by atoms with van der Waals surface area (Å²) in [5.41, 5.74) is 3.13. The maximum Gasteiger partial charge on any atom is 0.307 e. The zero-order valence-corrected chi connectivity index (χ0v) is 27.2. The van der Waals surface area contributed by atoms with Crippen molar-refractivity contribution in [1.82, 2.24) is 10.8 Å². The molecule has 6 N–H and O–H groups in total. The van der Waals surface area contributed by atoms with Crippen LogP contribution >= 0.6 is 23.2 Å². The van der Waals surface area contributed by atoms with Crippen molar-refractivity contribution in [1.29, 1.82) is 0 Å². The number of nitrogens with one attached hydrogen (secondary N) is 2. The van der Waals surface area contributed by atoms with Crippen LogP contribution in [0.5, 0.6) is 0 Å². The third kappa shape index (κ3) is 10.4. The average Bonchev–Trinajstić information content (AvgIpc) is 3.00.